The molecular weight excluding hydrogens is 232 g/mol. The average molecular weight is 250 g/mol. The molecule has 18 heavy (non-hydrogen) atoms. The Labute approximate surface area is 107 Å². The molecule has 0 aliphatic carbocycles. The molecule has 0 heterocycles. The van der Waals surface area contributed by atoms with Crippen molar-refractivity contribution in [2.24, 2.45) is 0 Å². The highest BCUT2D eigenvalue weighted by Crippen LogP contribution is 2.16. The van der Waals surface area contributed by atoms with Gasteiger partial charge in [0.25, 0.3) is 0 Å². The quantitative estimate of drug-likeness (QED) is 0.609. The van der Waals surface area contributed by atoms with Crippen LogP contribution in [0.2, 0.25) is 0 Å². The second-order valence-corrected chi connectivity index (χ2v) is 4.98. The van der Waals surface area contributed by atoms with Crippen LogP contribution in [0.5, 0.6) is 5.75 Å². The maximum Gasteiger partial charge on any atom is 0.347 e. The molecule has 1 rings (SSSR count). The highest BCUT2D eigenvalue weighted by Gasteiger charge is 2.22. The van der Waals surface area contributed by atoms with Crippen molar-refractivity contribution >= 4 is 12.3 Å². The third-order valence-corrected chi connectivity index (χ3v) is 2.05. The first kappa shape index (κ1) is 14.2. The van der Waals surface area contributed by atoms with Gasteiger partial charge in [-0.1, -0.05) is 12.1 Å². The molecule has 0 bridgehead atoms. The van der Waals surface area contributed by atoms with E-state index in [-0.39, 0.29) is 0 Å². The number of rotatable bonds is 4. The van der Waals surface area contributed by atoms with E-state index in [4.69, 9.17) is 9.47 Å². The van der Waals surface area contributed by atoms with Crippen molar-refractivity contribution in [2.45, 2.75) is 39.4 Å². The van der Waals surface area contributed by atoms with Gasteiger partial charge < -0.3 is 9.47 Å². The first-order valence-electron chi connectivity index (χ1n) is 5.76. The summed E-state index contributed by atoms with van der Waals surface area (Å²) in [6.45, 7) is 7.00. The third-order valence-electron chi connectivity index (χ3n) is 2.05. The largest absolute Gasteiger partial charge is 0.479 e. The van der Waals surface area contributed by atoms with E-state index in [2.05, 4.69) is 0 Å². The fraction of sp³-hybridized carbons (Fsp3) is 0.429. The van der Waals surface area contributed by atoms with Crippen LogP contribution >= 0.6 is 0 Å². The molecule has 0 aliphatic rings. The maximum atomic E-state index is 11.7. The van der Waals surface area contributed by atoms with E-state index >= 15 is 0 Å². The Balaban J connectivity index is 2.66. The third kappa shape index (κ3) is 4.57. The summed E-state index contributed by atoms with van der Waals surface area (Å²) in [6.07, 6.45) is 0.0106. The number of carbonyl (C=O) groups is 2. The van der Waals surface area contributed by atoms with Crippen LogP contribution in [-0.4, -0.2) is 24.0 Å². The van der Waals surface area contributed by atoms with E-state index in [1.165, 1.54) is 0 Å². The van der Waals surface area contributed by atoms with Gasteiger partial charge in [-0.25, -0.2) is 4.79 Å². The number of benzene rings is 1. The standard InChI is InChI=1S/C14H18O4/c1-10(13(16)18-14(2,3)4)17-12-7-5-6-11(8-12)9-15/h5-10H,1-4H3. The number of carbonyl (C=O) groups excluding carboxylic acids is 2. The molecule has 98 valence electrons. The van der Waals surface area contributed by atoms with Gasteiger partial charge >= 0.3 is 5.97 Å². The van der Waals surface area contributed by atoms with Crippen LogP contribution in [0.1, 0.15) is 38.1 Å². The van der Waals surface area contributed by atoms with Crippen LogP contribution in [0.4, 0.5) is 0 Å². The molecule has 0 aliphatic heterocycles. The van der Waals surface area contributed by atoms with Crippen LogP contribution < -0.4 is 4.74 Å². The Morgan fingerprint density at radius 2 is 2.00 bits per heavy atom. The molecule has 0 saturated heterocycles. The second kappa shape index (κ2) is 5.67. The molecule has 0 spiro atoms. The minimum atomic E-state index is -0.717. The SMILES string of the molecule is CC(Oc1cccc(C=O)c1)C(=O)OC(C)(C)C. The van der Waals surface area contributed by atoms with Gasteiger partial charge in [-0.2, -0.15) is 0 Å². The molecule has 4 heteroatoms. The van der Waals surface area contributed by atoms with Crippen molar-refractivity contribution in [2.75, 3.05) is 0 Å². The Hall–Kier alpha value is -1.84. The van der Waals surface area contributed by atoms with Crippen LogP contribution in [0.3, 0.4) is 0 Å². The number of aldehydes is 1. The molecule has 0 radical (unpaired) electrons. The number of hydrogen-bond donors (Lipinski definition) is 0. The van der Waals surface area contributed by atoms with E-state index < -0.39 is 17.7 Å². The van der Waals surface area contributed by atoms with E-state index in [0.29, 0.717) is 11.3 Å². The second-order valence-electron chi connectivity index (χ2n) is 4.98. The van der Waals surface area contributed by atoms with Crippen molar-refractivity contribution in [1.82, 2.24) is 0 Å². The van der Waals surface area contributed by atoms with Crippen LogP contribution in [0.15, 0.2) is 24.3 Å². The summed E-state index contributed by atoms with van der Waals surface area (Å²) in [5.41, 5.74) is -0.0387. The van der Waals surface area contributed by atoms with Crippen molar-refractivity contribution in [3.05, 3.63) is 29.8 Å². The van der Waals surface area contributed by atoms with Crippen molar-refractivity contribution in [3.8, 4) is 5.75 Å². The molecule has 0 fully saturated rings. The van der Waals surface area contributed by atoms with Gasteiger partial charge in [0.1, 0.15) is 17.6 Å². The summed E-state index contributed by atoms with van der Waals surface area (Å²) < 4.78 is 10.6. The van der Waals surface area contributed by atoms with Gasteiger partial charge in [0.05, 0.1) is 0 Å². The van der Waals surface area contributed by atoms with Gasteiger partial charge in [0, 0.05) is 5.56 Å². The Morgan fingerprint density at radius 3 is 2.56 bits per heavy atom. The molecule has 1 aromatic carbocycles. The zero-order valence-electron chi connectivity index (χ0n) is 11.1. The molecule has 0 aromatic heterocycles. The lowest BCUT2D eigenvalue weighted by Crippen LogP contribution is -2.33. The van der Waals surface area contributed by atoms with E-state index in [0.717, 1.165) is 6.29 Å². The maximum absolute atomic E-state index is 11.7. The van der Waals surface area contributed by atoms with Crippen LogP contribution in [-0.2, 0) is 9.53 Å². The van der Waals surface area contributed by atoms with Gasteiger partial charge in [-0.05, 0) is 39.8 Å². The smallest absolute Gasteiger partial charge is 0.347 e. The van der Waals surface area contributed by atoms with E-state index in [9.17, 15) is 9.59 Å². The van der Waals surface area contributed by atoms with Gasteiger partial charge in [-0.3, -0.25) is 4.79 Å². The summed E-state index contributed by atoms with van der Waals surface area (Å²) >= 11 is 0. The fourth-order valence-electron chi connectivity index (χ4n) is 1.30. The van der Waals surface area contributed by atoms with Gasteiger partial charge in [0.2, 0.25) is 0 Å². The van der Waals surface area contributed by atoms with Crippen LogP contribution in [0, 0.1) is 0 Å². The summed E-state index contributed by atoms with van der Waals surface area (Å²) in [6, 6.07) is 6.63. The lowest BCUT2D eigenvalue weighted by Gasteiger charge is -2.22. The predicted molar refractivity (Wildman–Crippen MR) is 67.8 cm³/mol. The predicted octanol–water partition coefficient (Wildman–Crippen LogP) is 2.61. The lowest BCUT2D eigenvalue weighted by atomic mass is 10.2. The Bertz CT molecular complexity index is 432. The Kier molecular flexibility index (Phi) is 4.48. The molecule has 0 N–H and O–H groups in total. The first-order chi connectivity index (χ1) is 8.31. The summed E-state index contributed by atoms with van der Waals surface area (Å²) in [5, 5.41) is 0. The molecule has 1 aromatic rings. The average Bonchev–Trinajstić information content (AvgIpc) is 2.27. The lowest BCUT2D eigenvalue weighted by molar-refractivity contribution is -0.162. The molecular formula is C14H18O4. The highest BCUT2D eigenvalue weighted by molar-refractivity contribution is 5.76. The molecule has 4 nitrogen and oxygen atoms in total. The van der Waals surface area contributed by atoms with E-state index in [1.54, 1.807) is 52.0 Å². The molecule has 0 saturated carbocycles. The highest BCUT2D eigenvalue weighted by atomic mass is 16.6. The Morgan fingerprint density at radius 1 is 1.33 bits per heavy atom. The summed E-state index contributed by atoms with van der Waals surface area (Å²) in [7, 11) is 0. The van der Waals surface area contributed by atoms with Crippen molar-refractivity contribution in [1.29, 1.82) is 0 Å². The fourth-order valence-corrected chi connectivity index (χ4v) is 1.30. The zero-order chi connectivity index (χ0) is 13.8. The number of hydrogen-bond acceptors (Lipinski definition) is 4. The molecule has 0 amide bonds. The van der Waals surface area contributed by atoms with Gasteiger partial charge in [-0.15, -0.1) is 0 Å². The minimum Gasteiger partial charge on any atom is -0.479 e. The normalized spacial score (nSPS) is 12.7. The first-order valence-corrected chi connectivity index (χ1v) is 5.76. The van der Waals surface area contributed by atoms with Crippen molar-refractivity contribution < 1.29 is 19.1 Å². The monoisotopic (exact) mass is 250 g/mol. The summed E-state index contributed by atoms with van der Waals surface area (Å²) in [5.74, 6) is 0.0389. The zero-order valence-corrected chi connectivity index (χ0v) is 11.1. The van der Waals surface area contributed by atoms with Gasteiger partial charge in [0.15, 0.2) is 6.10 Å². The number of esters is 1. The van der Waals surface area contributed by atoms with E-state index in [1.807, 2.05) is 0 Å². The molecule has 1 unspecified atom stereocenters. The molecule has 1 atom stereocenters. The minimum absolute atomic E-state index is 0.431. The summed E-state index contributed by atoms with van der Waals surface area (Å²) in [4.78, 5) is 22.3. The topological polar surface area (TPSA) is 52.6 Å². The van der Waals surface area contributed by atoms with Crippen LogP contribution in [0.25, 0.3) is 0 Å². The van der Waals surface area contributed by atoms with Crippen molar-refractivity contribution in [3.63, 3.8) is 0 Å². The number of ether oxygens (including phenoxy) is 2.